The lowest BCUT2D eigenvalue weighted by Gasteiger charge is -2.26. The summed E-state index contributed by atoms with van der Waals surface area (Å²) in [7, 11) is 0. The van der Waals surface area contributed by atoms with Gasteiger partial charge in [0.1, 0.15) is 6.33 Å². The van der Waals surface area contributed by atoms with Crippen LogP contribution in [0, 0.1) is 17.0 Å². The van der Waals surface area contributed by atoms with Gasteiger partial charge in [-0.2, -0.15) is 0 Å². The molecule has 0 bridgehead atoms. The van der Waals surface area contributed by atoms with Crippen LogP contribution in [0.4, 0.5) is 28.7 Å². The molecule has 0 radical (unpaired) electrons. The fourth-order valence-electron chi connectivity index (χ4n) is 3.27. The van der Waals surface area contributed by atoms with Gasteiger partial charge in [-0.25, -0.2) is 9.97 Å². The lowest BCUT2D eigenvalue weighted by Crippen LogP contribution is -2.31. The number of nitro groups is 1. The molecular formula is C24H21N7O3. The third-order valence-electron chi connectivity index (χ3n) is 4.94. The maximum atomic E-state index is 12.5. The minimum atomic E-state index is -0.612. The molecule has 1 amide bonds. The Bertz CT molecular complexity index is 1260. The number of aromatic nitrogens is 2. The first-order chi connectivity index (χ1) is 16.5. The van der Waals surface area contributed by atoms with Crippen LogP contribution in [-0.4, -0.2) is 20.8 Å². The highest BCUT2D eigenvalue weighted by atomic mass is 16.6. The average Bonchev–Trinajstić information content (AvgIpc) is 2.87. The molecule has 0 unspecified atom stereocenters. The Labute approximate surface area is 195 Å². The van der Waals surface area contributed by atoms with Gasteiger partial charge in [0, 0.05) is 5.56 Å². The normalized spacial score (nSPS) is 10.3. The van der Waals surface area contributed by atoms with Crippen LogP contribution in [-0.2, 0) is 0 Å². The number of hydrogen-bond acceptors (Lipinski definition) is 8. The van der Waals surface area contributed by atoms with Crippen molar-refractivity contribution in [2.45, 2.75) is 6.92 Å². The van der Waals surface area contributed by atoms with Gasteiger partial charge in [-0.15, -0.1) is 0 Å². The Morgan fingerprint density at radius 2 is 1.41 bits per heavy atom. The van der Waals surface area contributed by atoms with Crippen molar-refractivity contribution in [3.63, 3.8) is 0 Å². The zero-order valence-electron chi connectivity index (χ0n) is 18.2. The Hall–Kier alpha value is -4.99. The fourth-order valence-corrected chi connectivity index (χ4v) is 3.27. The van der Waals surface area contributed by atoms with E-state index >= 15 is 0 Å². The highest BCUT2D eigenvalue weighted by Gasteiger charge is 2.25. The Morgan fingerprint density at radius 1 is 0.853 bits per heavy atom. The summed E-state index contributed by atoms with van der Waals surface area (Å²) >= 11 is 0. The van der Waals surface area contributed by atoms with Gasteiger partial charge in [0.15, 0.2) is 0 Å². The molecule has 0 fully saturated rings. The van der Waals surface area contributed by atoms with E-state index in [1.165, 1.54) is 6.33 Å². The van der Waals surface area contributed by atoms with Crippen LogP contribution in [0.15, 0.2) is 91.3 Å². The molecule has 3 N–H and O–H groups in total. The van der Waals surface area contributed by atoms with Crippen LogP contribution in [0.1, 0.15) is 15.9 Å². The molecule has 10 nitrogen and oxygen atoms in total. The highest BCUT2D eigenvalue weighted by molar-refractivity contribution is 5.96. The van der Waals surface area contributed by atoms with Gasteiger partial charge in [-0.1, -0.05) is 54.6 Å². The van der Waals surface area contributed by atoms with Crippen LogP contribution in [0.3, 0.4) is 0 Å². The summed E-state index contributed by atoms with van der Waals surface area (Å²) in [5.41, 5.74) is 10.3. The second kappa shape index (κ2) is 10.1. The lowest BCUT2D eigenvalue weighted by molar-refractivity contribution is -0.383. The van der Waals surface area contributed by atoms with E-state index in [0.717, 1.165) is 16.9 Å². The Balaban J connectivity index is 1.64. The van der Waals surface area contributed by atoms with E-state index in [2.05, 4.69) is 26.2 Å². The first-order valence-corrected chi connectivity index (χ1v) is 10.3. The van der Waals surface area contributed by atoms with Crippen molar-refractivity contribution in [2.75, 3.05) is 15.9 Å². The van der Waals surface area contributed by atoms with Gasteiger partial charge >= 0.3 is 5.69 Å². The van der Waals surface area contributed by atoms with E-state index in [1.54, 1.807) is 30.1 Å². The zero-order valence-corrected chi connectivity index (χ0v) is 18.2. The fraction of sp³-hybridized carbons (Fsp3) is 0.0417. The van der Waals surface area contributed by atoms with Gasteiger partial charge in [0.25, 0.3) is 5.91 Å². The first kappa shape index (κ1) is 22.2. The third-order valence-corrected chi connectivity index (χ3v) is 4.94. The van der Waals surface area contributed by atoms with Crippen LogP contribution in [0.25, 0.3) is 0 Å². The molecule has 1 aromatic heterocycles. The van der Waals surface area contributed by atoms with Gasteiger partial charge in [-0.05, 0) is 42.8 Å². The number of carbonyl (C=O) groups is 1. The first-order valence-electron chi connectivity index (χ1n) is 10.3. The van der Waals surface area contributed by atoms with Crippen LogP contribution in [0.5, 0.6) is 0 Å². The largest absolute Gasteiger partial charge is 0.356 e. The molecule has 0 spiro atoms. The van der Waals surface area contributed by atoms with E-state index in [0.29, 0.717) is 5.56 Å². The van der Waals surface area contributed by atoms with E-state index in [-0.39, 0.29) is 11.6 Å². The van der Waals surface area contributed by atoms with Crippen molar-refractivity contribution in [1.29, 1.82) is 0 Å². The molecule has 0 saturated carbocycles. The molecule has 3 aromatic carbocycles. The number of para-hydroxylation sites is 2. The number of aryl methyl sites for hydroxylation is 1. The second-order valence-corrected chi connectivity index (χ2v) is 7.19. The summed E-state index contributed by atoms with van der Waals surface area (Å²) in [6, 6.07) is 25.6. The van der Waals surface area contributed by atoms with E-state index in [1.807, 2.05) is 66.7 Å². The summed E-state index contributed by atoms with van der Waals surface area (Å²) < 4.78 is 0. The maximum absolute atomic E-state index is 12.5. The summed E-state index contributed by atoms with van der Waals surface area (Å²) in [6.07, 6.45) is 1.17. The molecule has 4 rings (SSSR count). The Morgan fingerprint density at radius 3 is 2.00 bits per heavy atom. The monoisotopic (exact) mass is 455 g/mol. The number of nitrogens with zero attached hydrogens (tertiary/aromatic N) is 4. The topological polar surface area (TPSA) is 125 Å². The predicted molar refractivity (Wildman–Crippen MR) is 130 cm³/mol. The highest BCUT2D eigenvalue weighted by Crippen LogP contribution is 2.32. The van der Waals surface area contributed by atoms with Crippen molar-refractivity contribution in [3.05, 3.63) is 112 Å². The molecule has 0 aliphatic carbocycles. The lowest BCUT2D eigenvalue weighted by atomic mass is 10.1. The number of benzene rings is 3. The van der Waals surface area contributed by atoms with E-state index in [4.69, 9.17) is 0 Å². The molecule has 10 heteroatoms. The van der Waals surface area contributed by atoms with Gasteiger partial charge in [0.2, 0.25) is 11.6 Å². The summed E-state index contributed by atoms with van der Waals surface area (Å²) in [6.45, 7) is 1.80. The predicted octanol–water partition coefficient (Wildman–Crippen LogP) is 4.62. The van der Waals surface area contributed by atoms with Gasteiger partial charge in [0.05, 0.1) is 16.3 Å². The molecule has 0 atom stereocenters. The molecule has 0 saturated heterocycles. The molecule has 4 aromatic rings. The molecule has 34 heavy (non-hydrogen) atoms. The number of amides is 1. The quantitative estimate of drug-likeness (QED) is 0.260. The van der Waals surface area contributed by atoms with Crippen LogP contribution >= 0.6 is 0 Å². The van der Waals surface area contributed by atoms with Gasteiger partial charge < -0.3 is 0 Å². The summed E-state index contributed by atoms with van der Waals surface area (Å²) in [5, 5.41) is 13.7. The SMILES string of the molecule is Cc1ccccc1C(=O)NNc1ncnc(NN(c2ccccc2)c2ccccc2)c1[N+](=O)[O-]. The Kier molecular flexibility index (Phi) is 6.59. The van der Waals surface area contributed by atoms with Crippen molar-refractivity contribution < 1.29 is 9.72 Å². The molecule has 1 heterocycles. The summed E-state index contributed by atoms with van der Waals surface area (Å²) in [5.74, 6) is -0.665. The minimum absolute atomic E-state index is 0.0552. The zero-order chi connectivity index (χ0) is 23.9. The maximum Gasteiger partial charge on any atom is 0.356 e. The van der Waals surface area contributed by atoms with Crippen LogP contribution in [0.2, 0.25) is 0 Å². The number of hydrogen-bond donors (Lipinski definition) is 3. The van der Waals surface area contributed by atoms with Crippen molar-refractivity contribution in [3.8, 4) is 0 Å². The second-order valence-electron chi connectivity index (χ2n) is 7.19. The number of hydrazine groups is 2. The van der Waals surface area contributed by atoms with Crippen LogP contribution < -0.4 is 21.3 Å². The molecule has 0 aliphatic heterocycles. The molecule has 170 valence electrons. The molecular weight excluding hydrogens is 434 g/mol. The standard InChI is InChI=1S/C24H21N7O3/c1-17-10-8-9-15-20(17)24(32)28-27-22-21(31(33)34)23(26-16-25-22)29-30(18-11-4-2-5-12-18)19-13-6-3-7-14-19/h2-16H,1H3,(H,28,32)(H2,25,26,27,29). The van der Waals surface area contributed by atoms with E-state index < -0.39 is 16.5 Å². The van der Waals surface area contributed by atoms with E-state index in [9.17, 15) is 14.9 Å². The number of carbonyl (C=O) groups excluding carboxylic acids is 1. The molecule has 0 aliphatic rings. The van der Waals surface area contributed by atoms with Crippen molar-refractivity contribution >= 4 is 34.6 Å². The number of anilines is 4. The summed E-state index contributed by atoms with van der Waals surface area (Å²) in [4.78, 5) is 32.0. The smallest absolute Gasteiger partial charge is 0.276 e. The number of nitrogens with one attached hydrogen (secondary N) is 3. The minimum Gasteiger partial charge on any atom is -0.276 e. The van der Waals surface area contributed by atoms with Crippen molar-refractivity contribution in [1.82, 2.24) is 15.4 Å². The third kappa shape index (κ3) is 4.91. The number of rotatable bonds is 8. The average molecular weight is 455 g/mol. The van der Waals surface area contributed by atoms with Crippen molar-refractivity contribution in [2.24, 2.45) is 0 Å². The van der Waals surface area contributed by atoms with Gasteiger partial charge in [-0.3, -0.25) is 36.2 Å².